The third kappa shape index (κ3) is 10.8. The summed E-state index contributed by atoms with van der Waals surface area (Å²) in [5, 5.41) is 5.41. The molecule has 5 aromatic heterocycles. The summed E-state index contributed by atoms with van der Waals surface area (Å²) < 4.78 is 171. The molecule has 7 nitrogen and oxygen atoms in total. The van der Waals surface area contributed by atoms with E-state index in [1.165, 1.54) is 15.7 Å². The summed E-state index contributed by atoms with van der Waals surface area (Å²) in [6.07, 6.45) is 0. The Balaban J connectivity index is 0.911. The number of benzene rings is 16. The molecule has 0 fully saturated rings. The molecule has 16 aromatic carbocycles. The van der Waals surface area contributed by atoms with Gasteiger partial charge in [0.1, 0.15) is 0 Å². The molecule has 578 valence electrons. The quantitative estimate of drug-likeness (QED) is 0.142. The number of rotatable bonds is 8. The van der Waals surface area contributed by atoms with Crippen molar-refractivity contribution in [2.45, 2.75) is 105 Å². The summed E-state index contributed by atoms with van der Waals surface area (Å²) in [6, 6.07) is 73.3. The van der Waals surface area contributed by atoms with Gasteiger partial charge in [0.2, 0.25) is 0 Å². The summed E-state index contributed by atoms with van der Waals surface area (Å²) in [6.45, 7) is 25.9. The van der Waals surface area contributed by atoms with Crippen LogP contribution in [0.25, 0.3) is 154 Å². The molecule has 0 bridgehead atoms. The topological polar surface area (TPSA) is 39.3 Å². The maximum atomic E-state index is 10.3. The number of para-hydroxylation sites is 6. The van der Waals surface area contributed by atoms with Gasteiger partial charge in [-0.15, -0.1) is 0 Å². The molecule has 0 atom stereocenters. The van der Waals surface area contributed by atoms with Crippen LogP contribution in [0.3, 0.4) is 0 Å². The minimum absolute atomic E-state index is 0.0926. The molecule has 0 saturated heterocycles. The molecule has 0 aliphatic carbocycles. The fourth-order valence-electron chi connectivity index (χ4n) is 19.2. The fraction of sp³-hybridized carbons (Fsp3) is 0.143. The van der Waals surface area contributed by atoms with Crippen molar-refractivity contribution in [3.05, 3.63) is 356 Å². The number of nitrogens with zero attached hydrogens (tertiary/aromatic N) is 6. The number of anilines is 6. The highest BCUT2D eigenvalue weighted by atomic mass is 16.3. The average molecular weight is 1560 g/mol. The number of hydrogen-bond donors (Lipinski definition) is 0. The Labute approximate surface area is 722 Å². The van der Waals surface area contributed by atoms with Crippen molar-refractivity contribution in [3.63, 3.8) is 0 Å². The van der Waals surface area contributed by atoms with E-state index in [1.807, 2.05) is 97.1 Å². The Morgan fingerprint density at radius 1 is 0.242 bits per heavy atom. The van der Waals surface area contributed by atoms with Crippen LogP contribution in [0.5, 0.6) is 0 Å². The highest BCUT2D eigenvalue weighted by Crippen LogP contribution is 2.53. The maximum absolute atomic E-state index is 10.3. The first kappa shape index (κ1) is 56.5. The first-order chi connectivity index (χ1) is 64.7. The van der Waals surface area contributed by atoms with Gasteiger partial charge in [0.25, 0.3) is 6.71 Å². The highest BCUT2D eigenvalue weighted by molar-refractivity contribution is 7.00. The van der Waals surface area contributed by atoms with Gasteiger partial charge in [0.15, 0.2) is 11.2 Å². The van der Waals surface area contributed by atoms with Crippen LogP contribution in [0.4, 0.5) is 34.1 Å². The number of fused-ring (bicyclic) bond motifs is 19. The summed E-state index contributed by atoms with van der Waals surface area (Å²) >= 11 is 0. The van der Waals surface area contributed by atoms with Crippen LogP contribution in [0.1, 0.15) is 127 Å². The molecule has 2 aliphatic rings. The summed E-state index contributed by atoms with van der Waals surface area (Å²) in [5.41, 5.74) is 19.2. The SMILES string of the molecule is [2H]c1c([2H])c([2H])c2c(c1[2H])c1c([2H])c([2H])c([2H])c([2H])c1n2-c1ccc2c(c1)N(c1cc(-c3ccccc3)cc(-c3ccccc3)c1)c1cc(-n3c4c([2H])c([2H])c([2H])c([2H])c4c4c([2H])c([2H])c([2H])c([2H])c43)cc3c1B2c1ccc(-n2c4ccc(C(C)(C)C)cc4c4cc(C(C)(C)C)ccc42)cc1N3c1cccc2c1oc1c(-n3c4ccc(C(C)(C)C)cc4c4cc(C(C)(C)C)ccc43)cccc12. The molecule has 0 N–H and O–H groups in total. The Bertz CT molecular complexity index is 8590. The maximum Gasteiger partial charge on any atom is 0.252 e. The van der Waals surface area contributed by atoms with Crippen LogP contribution in [0.15, 0.2) is 338 Å². The molecular formula is C112H91BN6O. The Kier molecular flexibility index (Phi) is 12.2. The normalized spacial score (nSPS) is 15.2. The van der Waals surface area contributed by atoms with E-state index in [0.717, 1.165) is 105 Å². The van der Waals surface area contributed by atoms with E-state index in [-0.39, 0.29) is 76.6 Å². The van der Waals surface area contributed by atoms with E-state index >= 15 is 0 Å². The number of furan rings is 1. The lowest BCUT2D eigenvalue weighted by molar-refractivity contribution is 0.590. The van der Waals surface area contributed by atoms with Gasteiger partial charge < -0.3 is 32.5 Å². The molecule has 0 amide bonds. The largest absolute Gasteiger partial charge is 0.452 e. The second-order valence-electron chi connectivity index (χ2n) is 36.6. The molecule has 8 heteroatoms. The highest BCUT2D eigenvalue weighted by Gasteiger charge is 2.46. The van der Waals surface area contributed by atoms with Gasteiger partial charge in [0, 0.05) is 93.7 Å². The molecule has 21 aromatic rings. The third-order valence-electron chi connectivity index (χ3n) is 25.2. The van der Waals surface area contributed by atoms with E-state index in [2.05, 4.69) is 242 Å². The van der Waals surface area contributed by atoms with Crippen molar-refractivity contribution in [1.82, 2.24) is 18.3 Å². The van der Waals surface area contributed by atoms with Crippen molar-refractivity contribution in [3.8, 4) is 45.0 Å². The van der Waals surface area contributed by atoms with Gasteiger partial charge in [-0.3, -0.25) is 0 Å². The molecule has 0 spiro atoms. The minimum Gasteiger partial charge on any atom is -0.452 e. The van der Waals surface area contributed by atoms with E-state index in [0.29, 0.717) is 56.2 Å². The zero-order valence-corrected chi connectivity index (χ0v) is 68.7. The van der Waals surface area contributed by atoms with E-state index in [9.17, 15) is 19.2 Å². The minimum atomic E-state index is -0.831. The lowest BCUT2D eigenvalue weighted by Crippen LogP contribution is -2.61. The smallest absolute Gasteiger partial charge is 0.252 e. The van der Waals surface area contributed by atoms with Crippen molar-refractivity contribution < 1.29 is 26.3 Å². The van der Waals surface area contributed by atoms with Crippen LogP contribution in [-0.4, -0.2) is 25.0 Å². The second-order valence-corrected chi connectivity index (χ2v) is 36.6. The van der Waals surface area contributed by atoms with Gasteiger partial charge in [-0.25, -0.2) is 0 Å². The number of aromatic nitrogens is 4. The standard InChI is InChI=1S/C112H91BN6O/c1-109(2,3)72-45-53-96-86(60-72)87-61-73(110(4,5)6)46-54-97(87)115(96)77-50-52-91-103(65-77)119(101-44-28-38-85-84-37-27-43-100(107(84)120-108(85)101)118-98-55-47-74(111(7,8)9)62-88(98)89-63-75(112(10,11)12)48-56-99(89)118)105-67-79(116-94-41-25-21-35-82(94)83-36-22-26-42-95(83)116)66-104-106(105)113(91)90-51-49-76(114-92-39-23-19-33-80(92)81-34-20-24-40-93(81)114)64-102(90)117(104)78-58-70(68-29-15-13-16-30-68)57-71(59-78)69-31-17-14-18-32-69/h13-67H,1-12H3/i19D,20D,21D,22D,23D,24D,25D,26D,33D,34D,35D,36D,39D,40D,41D,42D. The molecule has 0 unspecified atom stereocenters. The Hall–Kier alpha value is -13.8. The van der Waals surface area contributed by atoms with Crippen LogP contribution < -0.4 is 26.2 Å². The van der Waals surface area contributed by atoms with Crippen molar-refractivity contribution in [2.24, 2.45) is 0 Å². The van der Waals surface area contributed by atoms with Crippen molar-refractivity contribution >= 4 is 166 Å². The molecular weight excluding hydrogens is 1460 g/mol. The monoisotopic (exact) mass is 1560 g/mol. The Morgan fingerprint density at radius 3 is 1.01 bits per heavy atom. The zero-order valence-electron chi connectivity index (χ0n) is 84.7. The van der Waals surface area contributed by atoms with Gasteiger partial charge in [-0.2, -0.15) is 0 Å². The first-order valence-electron chi connectivity index (χ1n) is 49.2. The van der Waals surface area contributed by atoms with Crippen LogP contribution in [-0.2, 0) is 21.7 Å². The van der Waals surface area contributed by atoms with E-state index in [4.69, 9.17) is 7.16 Å². The molecule has 2 aliphatic heterocycles. The van der Waals surface area contributed by atoms with Gasteiger partial charge in [-0.1, -0.05) is 277 Å². The van der Waals surface area contributed by atoms with Crippen molar-refractivity contribution in [1.29, 1.82) is 0 Å². The average Bonchev–Trinajstić information content (AvgIpc) is 1.19. The lowest BCUT2D eigenvalue weighted by Gasteiger charge is -2.44. The van der Waals surface area contributed by atoms with E-state index < -0.39 is 103 Å². The van der Waals surface area contributed by atoms with Crippen LogP contribution in [0.2, 0.25) is 0 Å². The zero-order chi connectivity index (χ0) is 95.2. The van der Waals surface area contributed by atoms with Crippen LogP contribution in [0, 0.1) is 0 Å². The predicted octanol–water partition coefficient (Wildman–Crippen LogP) is 28.6. The summed E-state index contributed by atoms with van der Waals surface area (Å²) in [4.78, 5) is 4.36. The predicted molar refractivity (Wildman–Crippen MR) is 511 cm³/mol. The number of hydrogen-bond acceptors (Lipinski definition) is 3. The first-order valence-corrected chi connectivity index (χ1v) is 41.2. The molecule has 0 radical (unpaired) electrons. The van der Waals surface area contributed by atoms with Gasteiger partial charge in [0.05, 0.1) is 83.1 Å². The van der Waals surface area contributed by atoms with Crippen molar-refractivity contribution in [2.75, 3.05) is 9.80 Å². The van der Waals surface area contributed by atoms with Gasteiger partial charge in [-0.05, 0) is 222 Å². The van der Waals surface area contributed by atoms with E-state index in [1.54, 1.807) is 4.57 Å². The molecule has 7 heterocycles. The summed E-state index contributed by atoms with van der Waals surface area (Å²) in [7, 11) is 0. The third-order valence-corrected chi connectivity index (χ3v) is 25.2. The molecule has 120 heavy (non-hydrogen) atoms. The molecule has 0 saturated carbocycles. The summed E-state index contributed by atoms with van der Waals surface area (Å²) in [5.74, 6) is 0. The van der Waals surface area contributed by atoms with Gasteiger partial charge >= 0.3 is 0 Å². The Morgan fingerprint density at radius 2 is 0.592 bits per heavy atom. The fourth-order valence-corrected chi connectivity index (χ4v) is 19.2. The molecule has 23 rings (SSSR count). The van der Waals surface area contributed by atoms with Crippen LogP contribution >= 0.6 is 0 Å². The second kappa shape index (κ2) is 25.8. The lowest BCUT2D eigenvalue weighted by atomic mass is 9.33.